The Morgan fingerprint density at radius 2 is 2.00 bits per heavy atom. The van der Waals surface area contributed by atoms with Gasteiger partial charge in [-0.05, 0) is 50.3 Å². The number of aromatic nitrogens is 2. The van der Waals surface area contributed by atoms with Gasteiger partial charge in [0.2, 0.25) is 0 Å². The summed E-state index contributed by atoms with van der Waals surface area (Å²) in [7, 11) is 1.59. The standard InChI is InChI=1S/C20H24N4O2/c1-14-22-17(12-18(23-14)19(25)21-2)11-15-7-6-10-24(13-15)20(26)16-8-4-3-5-9-16/h3-5,8-9,12,15H,6-7,10-11,13H2,1-2H3,(H,21,25). The van der Waals surface area contributed by atoms with Gasteiger partial charge < -0.3 is 10.2 Å². The normalized spacial score (nSPS) is 17.0. The van der Waals surface area contributed by atoms with Gasteiger partial charge in [-0.2, -0.15) is 0 Å². The second-order valence-corrected chi connectivity index (χ2v) is 6.70. The highest BCUT2D eigenvalue weighted by molar-refractivity contribution is 5.94. The van der Waals surface area contributed by atoms with Crippen LogP contribution in [-0.2, 0) is 6.42 Å². The number of hydrogen-bond donors (Lipinski definition) is 1. The first kappa shape index (κ1) is 18.0. The molecule has 0 spiro atoms. The summed E-state index contributed by atoms with van der Waals surface area (Å²) in [6.45, 7) is 3.30. The van der Waals surface area contributed by atoms with Crippen LogP contribution in [0.3, 0.4) is 0 Å². The SMILES string of the molecule is CNC(=O)c1cc(CC2CCCN(C(=O)c3ccccc3)C2)nc(C)n1. The van der Waals surface area contributed by atoms with Crippen molar-refractivity contribution in [3.63, 3.8) is 0 Å². The summed E-state index contributed by atoms with van der Waals surface area (Å²) in [4.78, 5) is 35.1. The molecular formula is C20H24N4O2. The van der Waals surface area contributed by atoms with Crippen LogP contribution in [-0.4, -0.2) is 46.8 Å². The second kappa shape index (κ2) is 8.08. The lowest BCUT2D eigenvalue weighted by molar-refractivity contribution is 0.0672. The lowest BCUT2D eigenvalue weighted by atomic mass is 9.92. The minimum atomic E-state index is -0.207. The molecule has 1 aromatic carbocycles. The number of piperidine rings is 1. The lowest BCUT2D eigenvalue weighted by Gasteiger charge is -2.32. The van der Waals surface area contributed by atoms with Gasteiger partial charge in [-0.1, -0.05) is 18.2 Å². The largest absolute Gasteiger partial charge is 0.354 e. The van der Waals surface area contributed by atoms with Gasteiger partial charge in [0, 0.05) is 31.4 Å². The van der Waals surface area contributed by atoms with E-state index in [0.717, 1.165) is 37.1 Å². The molecule has 26 heavy (non-hydrogen) atoms. The zero-order valence-electron chi connectivity index (χ0n) is 15.2. The molecule has 1 atom stereocenters. The Labute approximate surface area is 153 Å². The minimum absolute atomic E-state index is 0.0835. The maximum atomic E-state index is 12.7. The van der Waals surface area contributed by atoms with E-state index in [2.05, 4.69) is 15.3 Å². The van der Waals surface area contributed by atoms with Crippen LogP contribution in [0.2, 0.25) is 0 Å². The number of aryl methyl sites for hydroxylation is 1. The van der Waals surface area contributed by atoms with E-state index < -0.39 is 0 Å². The number of carbonyl (C=O) groups excluding carboxylic acids is 2. The van der Waals surface area contributed by atoms with Gasteiger partial charge in [-0.15, -0.1) is 0 Å². The molecule has 6 nitrogen and oxygen atoms in total. The van der Waals surface area contributed by atoms with Crippen molar-refractivity contribution in [1.29, 1.82) is 0 Å². The van der Waals surface area contributed by atoms with Crippen LogP contribution < -0.4 is 5.32 Å². The van der Waals surface area contributed by atoms with E-state index in [9.17, 15) is 9.59 Å². The van der Waals surface area contributed by atoms with Crippen LogP contribution in [0.25, 0.3) is 0 Å². The molecule has 1 aliphatic heterocycles. The fourth-order valence-corrected chi connectivity index (χ4v) is 3.45. The van der Waals surface area contributed by atoms with Crippen molar-refractivity contribution in [2.24, 2.45) is 5.92 Å². The van der Waals surface area contributed by atoms with Crippen molar-refractivity contribution < 1.29 is 9.59 Å². The van der Waals surface area contributed by atoms with Crippen LogP contribution in [0.4, 0.5) is 0 Å². The number of benzene rings is 1. The minimum Gasteiger partial charge on any atom is -0.354 e. The third kappa shape index (κ3) is 4.25. The fraction of sp³-hybridized carbons (Fsp3) is 0.400. The van der Waals surface area contributed by atoms with E-state index in [4.69, 9.17) is 0 Å². The zero-order valence-corrected chi connectivity index (χ0v) is 15.2. The monoisotopic (exact) mass is 352 g/mol. The number of amides is 2. The Morgan fingerprint density at radius 3 is 2.73 bits per heavy atom. The molecule has 2 heterocycles. The number of hydrogen-bond acceptors (Lipinski definition) is 4. The molecule has 2 amide bonds. The van der Waals surface area contributed by atoms with Crippen LogP contribution in [0.15, 0.2) is 36.4 Å². The van der Waals surface area contributed by atoms with Crippen molar-refractivity contribution in [1.82, 2.24) is 20.2 Å². The fourth-order valence-electron chi connectivity index (χ4n) is 3.45. The molecule has 0 radical (unpaired) electrons. The molecule has 6 heteroatoms. The summed E-state index contributed by atoms with van der Waals surface area (Å²) in [5, 5.41) is 2.60. The van der Waals surface area contributed by atoms with Crippen LogP contribution in [0.5, 0.6) is 0 Å². The molecule has 0 aliphatic carbocycles. The van der Waals surface area contributed by atoms with Crippen molar-refractivity contribution in [2.75, 3.05) is 20.1 Å². The number of carbonyl (C=O) groups is 2. The smallest absolute Gasteiger partial charge is 0.269 e. The molecule has 0 bridgehead atoms. The predicted molar refractivity (Wildman–Crippen MR) is 98.9 cm³/mol. The highest BCUT2D eigenvalue weighted by Gasteiger charge is 2.25. The Hall–Kier alpha value is -2.76. The number of rotatable bonds is 4. The number of nitrogens with one attached hydrogen (secondary N) is 1. The van der Waals surface area contributed by atoms with Crippen molar-refractivity contribution >= 4 is 11.8 Å². The number of nitrogens with zero attached hydrogens (tertiary/aromatic N) is 3. The summed E-state index contributed by atoms with van der Waals surface area (Å²) in [5.41, 5.74) is 1.98. The van der Waals surface area contributed by atoms with Gasteiger partial charge in [-0.25, -0.2) is 9.97 Å². The quantitative estimate of drug-likeness (QED) is 0.916. The van der Waals surface area contributed by atoms with Gasteiger partial charge in [-0.3, -0.25) is 9.59 Å². The van der Waals surface area contributed by atoms with Crippen molar-refractivity contribution in [3.8, 4) is 0 Å². The maximum absolute atomic E-state index is 12.7. The first-order valence-corrected chi connectivity index (χ1v) is 8.98. The van der Waals surface area contributed by atoms with Gasteiger partial charge in [0.1, 0.15) is 11.5 Å². The van der Waals surface area contributed by atoms with Crippen LogP contribution in [0, 0.1) is 12.8 Å². The topological polar surface area (TPSA) is 75.2 Å². The average Bonchev–Trinajstić information content (AvgIpc) is 2.67. The van der Waals surface area contributed by atoms with Crippen LogP contribution in [0.1, 0.15) is 45.2 Å². The molecule has 1 aliphatic rings. The molecule has 1 aromatic heterocycles. The summed E-state index contributed by atoms with van der Waals surface area (Å²) in [6, 6.07) is 11.2. The third-order valence-corrected chi connectivity index (χ3v) is 4.68. The molecule has 0 saturated carbocycles. The molecule has 1 N–H and O–H groups in total. The number of likely N-dealkylation sites (tertiary alicyclic amines) is 1. The van der Waals surface area contributed by atoms with Gasteiger partial charge in [0.15, 0.2) is 0 Å². The van der Waals surface area contributed by atoms with E-state index >= 15 is 0 Å². The van der Waals surface area contributed by atoms with E-state index in [-0.39, 0.29) is 11.8 Å². The second-order valence-electron chi connectivity index (χ2n) is 6.70. The molecule has 1 saturated heterocycles. The summed E-state index contributed by atoms with van der Waals surface area (Å²) >= 11 is 0. The zero-order chi connectivity index (χ0) is 18.5. The van der Waals surface area contributed by atoms with Gasteiger partial charge in [0.05, 0.1) is 0 Å². The summed E-state index contributed by atoms with van der Waals surface area (Å²) in [5.74, 6) is 0.805. The lowest BCUT2D eigenvalue weighted by Crippen LogP contribution is -2.40. The van der Waals surface area contributed by atoms with E-state index in [1.807, 2.05) is 35.2 Å². The predicted octanol–water partition coefficient (Wildman–Crippen LogP) is 2.24. The summed E-state index contributed by atoms with van der Waals surface area (Å²) < 4.78 is 0. The van der Waals surface area contributed by atoms with Gasteiger partial charge >= 0.3 is 0 Å². The molecule has 2 aromatic rings. The van der Waals surface area contributed by atoms with Crippen molar-refractivity contribution in [2.45, 2.75) is 26.2 Å². The van der Waals surface area contributed by atoms with Gasteiger partial charge in [0.25, 0.3) is 11.8 Å². The molecule has 136 valence electrons. The Balaban J connectivity index is 1.70. The van der Waals surface area contributed by atoms with E-state index in [1.165, 1.54) is 0 Å². The summed E-state index contributed by atoms with van der Waals surface area (Å²) in [6.07, 6.45) is 2.78. The molecule has 1 unspecified atom stereocenters. The maximum Gasteiger partial charge on any atom is 0.269 e. The highest BCUT2D eigenvalue weighted by Crippen LogP contribution is 2.22. The highest BCUT2D eigenvalue weighted by atomic mass is 16.2. The molecular weight excluding hydrogens is 328 g/mol. The van der Waals surface area contributed by atoms with Crippen molar-refractivity contribution in [3.05, 3.63) is 59.2 Å². The van der Waals surface area contributed by atoms with E-state index in [0.29, 0.717) is 24.0 Å². The Bertz CT molecular complexity index is 792. The molecule has 3 rings (SSSR count). The first-order chi connectivity index (χ1) is 12.6. The Morgan fingerprint density at radius 1 is 1.23 bits per heavy atom. The first-order valence-electron chi connectivity index (χ1n) is 8.98. The van der Waals surface area contributed by atoms with E-state index in [1.54, 1.807) is 20.0 Å². The average molecular weight is 352 g/mol. The third-order valence-electron chi connectivity index (χ3n) is 4.68. The van der Waals surface area contributed by atoms with Crippen LogP contribution >= 0.6 is 0 Å². The molecule has 1 fully saturated rings. The Kier molecular flexibility index (Phi) is 5.61.